The maximum absolute atomic E-state index is 11.3. The summed E-state index contributed by atoms with van der Waals surface area (Å²) in [5.74, 6) is 0.0325. The number of carbonyl (C=O) groups excluding carboxylic acids is 1. The standard InChI is InChI=1S/C13H19N3O/c1-14-7-13(17)15-6-10-3-4-11-8-16(2)9-12(11)5-10/h3-5,14H,6-9H2,1-2H3,(H,15,17). The molecule has 0 fully saturated rings. The number of hydrogen-bond donors (Lipinski definition) is 2. The van der Waals surface area contributed by atoms with Gasteiger partial charge in [0.15, 0.2) is 0 Å². The summed E-state index contributed by atoms with van der Waals surface area (Å²) in [5, 5.41) is 5.72. The van der Waals surface area contributed by atoms with Gasteiger partial charge in [0.05, 0.1) is 6.54 Å². The second kappa shape index (κ2) is 5.29. The Labute approximate surface area is 102 Å². The number of hydrogen-bond acceptors (Lipinski definition) is 3. The van der Waals surface area contributed by atoms with Crippen LogP contribution in [0.5, 0.6) is 0 Å². The molecule has 0 saturated heterocycles. The van der Waals surface area contributed by atoms with Crippen LogP contribution in [-0.2, 0) is 24.4 Å². The molecule has 92 valence electrons. The number of likely N-dealkylation sites (N-methyl/N-ethyl adjacent to an activating group) is 1. The molecule has 2 N–H and O–H groups in total. The second-order valence-corrected chi connectivity index (χ2v) is 4.58. The highest BCUT2D eigenvalue weighted by molar-refractivity contribution is 5.77. The van der Waals surface area contributed by atoms with Gasteiger partial charge in [-0.2, -0.15) is 0 Å². The van der Waals surface area contributed by atoms with E-state index in [1.165, 1.54) is 16.7 Å². The van der Waals surface area contributed by atoms with Crippen LogP contribution >= 0.6 is 0 Å². The third-order valence-corrected chi connectivity index (χ3v) is 2.98. The van der Waals surface area contributed by atoms with Crippen molar-refractivity contribution in [3.63, 3.8) is 0 Å². The fourth-order valence-electron chi connectivity index (χ4n) is 2.15. The molecule has 1 aliphatic rings. The first kappa shape index (κ1) is 12.1. The molecule has 0 atom stereocenters. The van der Waals surface area contributed by atoms with Crippen LogP contribution in [0.25, 0.3) is 0 Å². The van der Waals surface area contributed by atoms with E-state index in [0.29, 0.717) is 13.1 Å². The van der Waals surface area contributed by atoms with Crippen LogP contribution in [0.1, 0.15) is 16.7 Å². The van der Waals surface area contributed by atoms with E-state index in [9.17, 15) is 4.79 Å². The molecule has 1 aromatic rings. The van der Waals surface area contributed by atoms with Crippen molar-refractivity contribution >= 4 is 5.91 Å². The van der Waals surface area contributed by atoms with Crippen molar-refractivity contribution in [2.45, 2.75) is 19.6 Å². The number of carbonyl (C=O) groups is 1. The SMILES string of the molecule is CNCC(=O)NCc1ccc2c(c1)CN(C)C2. The van der Waals surface area contributed by atoms with Crippen molar-refractivity contribution in [2.24, 2.45) is 0 Å². The van der Waals surface area contributed by atoms with Gasteiger partial charge in [0.2, 0.25) is 5.91 Å². The normalized spacial score (nSPS) is 14.7. The molecule has 4 nitrogen and oxygen atoms in total. The van der Waals surface area contributed by atoms with Crippen molar-refractivity contribution in [1.29, 1.82) is 0 Å². The smallest absolute Gasteiger partial charge is 0.234 e. The molecule has 1 amide bonds. The first-order chi connectivity index (χ1) is 8.19. The Kier molecular flexibility index (Phi) is 3.76. The van der Waals surface area contributed by atoms with Crippen molar-refractivity contribution in [2.75, 3.05) is 20.6 Å². The molecular formula is C13H19N3O. The topological polar surface area (TPSA) is 44.4 Å². The summed E-state index contributed by atoms with van der Waals surface area (Å²) in [6, 6.07) is 6.45. The molecule has 1 aliphatic heterocycles. The Balaban J connectivity index is 1.95. The van der Waals surface area contributed by atoms with Gasteiger partial charge >= 0.3 is 0 Å². The molecule has 1 aromatic carbocycles. The minimum atomic E-state index is 0.0325. The van der Waals surface area contributed by atoms with E-state index < -0.39 is 0 Å². The highest BCUT2D eigenvalue weighted by Crippen LogP contribution is 2.22. The Bertz CT molecular complexity index is 417. The number of rotatable bonds is 4. The van der Waals surface area contributed by atoms with Crippen LogP contribution in [0, 0.1) is 0 Å². The van der Waals surface area contributed by atoms with Gasteiger partial charge in [0, 0.05) is 19.6 Å². The van der Waals surface area contributed by atoms with Crippen LogP contribution in [0.4, 0.5) is 0 Å². The van der Waals surface area contributed by atoms with E-state index >= 15 is 0 Å². The van der Waals surface area contributed by atoms with Crippen molar-refractivity contribution < 1.29 is 4.79 Å². The lowest BCUT2D eigenvalue weighted by molar-refractivity contribution is -0.120. The van der Waals surface area contributed by atoms with Crippen molar-refractivity contribution in [1.82, 2.24) is 15.5 Å². The summed E-state index contributed by atoms with van der Waals surface area (Å²) in [5.41, 5.74) is 3.95. The molecule has 0 unspecified atom stereocenters. The van der Waals surface area contributed by atoms with E-state index in [2.05, 4.69) is 40.8 Å². The Morgan fingerprint density at radius 3 is 2.88 bits per heavy atom. The summed E-state index contributed by atoms with van der Waals surface area (Å²) >= 11 is 0. The minimum absolute atomic E-state index is 0.0325. The van der Waals surface area contributed by atoms with Crippen LogP contribution in [0.15, 0.2) is 18.2 Å². The van der Waals surface area contributed by atoms with Crippen LogP contribution in [0.3, 0.4) is 0 Å². The van der Waals surface area contributed by atoms with Gasteiger partial charge in [0.25, 0.3) is 0 Å². The predicted molar refractivity (Wildman–Crippen MR) is 67.4 cm³/mol. The fourth-order valence-corrected chi connectivity index (χ4v) is 2.15. The van der Waals surface area contributed by atoms with Crippen LogP contribution < -0.4 is 10.6 Å². The van der Waals surface area contributed by atoms with Gasteiger partial charge in [-0.25, -0.2) is 0 Å². The number of nitrogens with one attached hydrogen (secondary N) is 2. The van der Waals surface area contributed by atoms with Crippen LogP contribution in [0.2, 0.25) is 0 Å². The van der Waals surface area contributed by atoms with Gasteiger partial charge in [-0.05, 0) is 30.8 Å². The van der Waals surface area contributed by atoms with Gasteiger partial charge in [-0.3, -0.25) is 9.69 Å². The van der Waals surface area contributed by atoms with E-state index in [1.54, 1.807) is 7.05 Å². The molecule has 1 heterocycles. The molecule has 17 heavy (non-hydrogen) atoms. The van der Waals surface area contributed by atoms with E-state index in [-0.39, 0.29) is 5.91 Å². The van der Waals surface area contributed by atoms with Gasteiger partial charge < -0.3 is 10.6 Å². The number of nitrogens with zero attached hydrogens (tertiary/aromatic N) is 1. The van der Waals surface area contributed by atoms with E-state index in [0.717, 1.165) is 13.1 Å². The highest BCUT2D eigenvalue weighted by atomic mass is 16.1. The van der Waals surface area contributed by atoms with Gasteiger partial charge in [-0.15, -0.1) is 0 Å². The Morgan fingerprint density at radius 2 is 2.12 bits per heavy atom. The minimum Gasteiger partial charge on any atom is -0.351 e. The zero-order chi connectivity index (χ0) is 12.3. The molecular weight excluding hydrogens is 214 g/mol. The molecule has 0 aliphatic carbocycles. The summed E-state index contributed by atoms with van der Waals surface area (Å²) in [6.45, 7) is 3.01. The third-order valence-electron chi connectivity index (χ3n) is 2.98. The molecule has 4 heteroatoms. The largest absolute Gasteiger partial charge is 0.351 e. The lowest BCUT2D eigenvalue weighted by atomic mass is 10.1. The van der Waals surface area contributed by atoms with Crippen molar-refractivity contribution in [3.05, 3.63) is 34.9 Å². The maximum Gasteiger partial charge on any atom is 0.234 e. The number of benzene rings is 1. The van der Waals surface area contributed by atoms with Crippen molar-refractivity contribution in [3.8, 4) is 0 Å². The molecule has 0 bridgehead atoms. The third kappa shape index (κ3) is 3.05. The van der Waals surface area contributed by atoms with E-state index in [4.69, 9.17) is 0 Å². The number of amides is 1. The number of fused-ring (bicyclic) bond motifs is 1. The summed E-state index contributed by atoms with van der Waals surface area (Å²) in [7, 11) is 3.89. The molecule has 0 saturated carbocycles. The molecule has 0 aromatic heterocycles. The molecule has 0 radical (unpaired) electrons. The zero-order valence-corrected chi connectivity index (χ0v) is 10.4. The average molecular weight is 233 g/mol. The molecule has 0 spiro atoms. The Hall–Kier alpha value is -1.39. The quantitative estimate of drug-likeness (QED) is 0.794. The monoisotopic (exact) mass is 233 g/mol. The van der Waals surface area contributed by atoms with E-state index in [1.807, 2.05) is 0 Å². The van der Waals surface area contributed by atoms with Gasteiger partial charge in [-0.1, -0.05) is 18.2 Å². The lowest BCUT2D eigenvalue weighted by Gasteiger charge is -2.06. The zero-order valence-electron chi connectivity index (χ0n) is 10.4. The second-order valence-electron chi connectivity index (χ2n) is 4.58. The summed E-state index contributed by atoms with van der Waals surface area (Å²) in [4.78, 5) is 13.6. The summed E-state index contributed by atoms with van der Waals surface area (Å²) in [6.07, 6.45) is 0. The van der Waals surface area contributed by atoms with Gasteiger partial charge in [0.1, 0.15) is 0 Å². The first-order valence-electron chi connectivity index (χ1n) is 5.89. The summed E-state index contributed by atoms with van der Waals surface area (Å²) < 4.78 is 0. The molecule has 2 rings (SSSR count). The fraction of sp³-hybridized carbons (Fsp3) is 0.462. The Morgan fingerprint density at radius 1 is 1.35 bits per heavy atom. The lowest BCUT2D eigenvalue weighted by Crippen LogP contribution is -2.31. The average Bonchev–Trinajstić information content (AvgIpc) is 2.66. The highest BCUT2D eigenvalue weighted by Gasteiger charge is 2.15. The van der Waals surface area contributed by atoms with Crippen LogP contribution in [-0.4, -0.2) is 31.4 Å². The maximum atomic E-state index is 11.3. The predicted octanol–water partition coefficient (Wildman–Crippen LogP) is 0.468. The first-order valence-corrected chi connectivity index (χ1v) is 5.89.